The highest BCUT2D eigenvalue weighted by Crippen LogP contribution is 2.45. The Kier molecular flexibility index (Phi) is 39.4. The Morgan fingerprint density at radius 3 is 1.02 bits per heavy atom. The van der Waals surface area contributed by atoms with E-state index >= 15 is 0 Å². The number of cyclic esters (lactones) is 2. The lowest BCUT2D eigenvalue weighted by Crippen LogP contribution is -2.61. The van der Waals surface area contributed by atoms with Crippen molar-refractivity contribution in [1.82, 2.24) is 9.80 Å². The maximum atomic E-state index is 14.3. The number of ether oxygens (including phenoxy) is 16. The van der Waals surface area contributed by atoms with Crippen molar-refractivity contribution >= 4 is 47.4 Å². The van der Waals surface area contributed by atoms with Crippen LogP contribution >= 0.6 is 0 Å². The van der Waals surface area contributed by atoms with E-state index in [0.29, 0.717) is 12.8 Å². The van der Waals surface area contributed by atoms with Crippen LogP contribution in [0.1, 0.15) is 229 Å². The molecule has 6 rings (SSSR count). The van der Waals surface area contributed by atoms with Gasteiger partial charge in [-0.25, -0.2) is 0 Å². The minimum atomic E-state index is -2.04. The van der Waals surface area contributed by atoms with Crippen molar-refractivity contribution in [3.63, 3.8) is 0 Å². The lowest BCUT2D eigenvalue weighted by molar-refractivity contribution is -0.319. The number of hydrogen-bond acceptors (Lipinski definition) is 34. The van der Waals surface area contributed by atoms with Gasteiger partial charge in [0.05, 0.1) is 146 Å². The Balaban J connectivity index is 0.000000427. The van der Waals surface area contributed by atoms with Gasteiger partial charge < -0.3 is 126 Å². The van der Waals surface area contributed by atoms with Gasteiger partial charge in [-0.2, -0.15) is 0 Å². The molecule has 0 aromatic rings. The second-order valence-electron chi connectivity index (χ2n) is 36.5. The van der Waals surface area contributed by atoms with Crippen LogP contribution in [0.4, 0.5) is 0 Å². The van der Waals surface area contributed by atoms with E-state index in [1.807, 2.05) is 51.8 Å². The minimum Gasteiger partial charge on any atom is -0.466 e. The SMILES string of the molecule is CCOC(=O)CCC(=O)O[C@H]1[C@H](O[C@@H]2[C@@H](C)[C@H](O[C@H]3C[C@@](C)(OC)[C@@H](O)[C@H](C)O3)[C@@H](C)C(=O)O[C@H](CC)[C@@](C)(O)[C@H](O)[C@@H](C)C(=O)[C@H](C)C[C@@]2(C)O)O[C@H](C)C[C@@H]1N(C)C.CCOC(=O)CCC(=O)O[C@H]1[C@H](O[C@@H]2[C@@H](C)[C@H](O[C@H]3C[C@@](C)(OC)[C@@H](O)[C@H](C)O3)[C@@H](C)C(=O)O[C@H](CC)[C@@](C)(O)[C@H](O)[C@@H](C)C(=O)[C@H](C)C[C@@]2(C)O)O[C@H](C)C[C@@H]1N(C)C. The lowest BCUT2D eigenvalue weighted by atomic mass is 9.74. The summed E-state index contributed by atoms with van der Waals surface area (Å²) in [6, 6.07) is -0.885. The third-order valence-corrected chi connectivity index (χ3v) is 25.8. The van der Waals surface area contributed by atoms with Crippen molar-refractivity contribution in [2.75, 3.05) is 55.6 Å². The van der Waals surface area contributed by atoms with Gasteiger partial charge in [0.1, 0.15) is 47.2 Å². The molecule has 6 heterocycles. The summed E-state index contributed by atoms with van der Waals surface area (Å²) in [7, 11) is 10.2. The average Bonchev–Trinajstić information content (AvgIpc) is 0.771. The zero-order chi connectivity index (χ0) is 91.3. The first-order valence-corrected chi connectivity index (χ1v) is 43.0. The number of esters is 6. The van der Waals surface area contributed by atoms with Crippen LogP contribution in [-0.4, -0.2) is 322 Å². The van der Waals surface area contributed by atoms with Crippen molar-refractivity contribution in [1.29, 1.82) is 0 Å². The van der Waals surface area contributed by atoms with Crippen LogP contribution in [-0.2, 0) is 114 Å². The second kappa shape index (κ2) is 44.7. The summed E-state index contributed by atoms with van der Waals surface area (Å²) in [5, 5.41) is 93.6. The number of aliphatic hydroxyl groups is 8. The van der Waals surface area contributed by atoms with E-state index in [2.05, 4.69) is 0 Å². The third-order valence-electron chi connectivity index (χ3n) is 25.8. The van der Waals surface area contributed by atoms with E-state index in [-0.39, 0.29) is 77.4 Å². The molecule has 8 N–H and O–H groups in total. The van der Waals surface area contributed by atoms with Crippen molar-refractivity contribution in [2.45, 2.75) is 398 Å². The van der Waals surface area contributed by atoms with Gasteiger partial charge in [-0.1, -0.05) is 55.4 Å². The molecule has 0 spiro atoms. The number of aliphatic hydroxyl groups excluding tert-OH is 4. The number of nitrogens with zero attached hydrogens (tertiary/aromatic N) is 2. The molecule has 120 heavy (non-hydrogen) atoms. The summed E-state index contributed by atoms with van der Waals surface area (Å²) in [5.41, 5.74) is -10.1. The first kappa shape index (κ1) is 106. The van der Waals surface area contributed by atoms with Gasteiger partial charge in [-0.05, 0) is 164 Å². The lowest BCUT2D eigenvalue weighted by Gasteiger charge is -2.49. The predicted molar refractivity (Wildman–Crippen MR) is 432 cm³/mol. The van der Waals surface area contributed by atoms with Crippen LogP contribution in [0.5, 0.6) is 0 Å². The summed E-state index contributed by atoms with van der Waals surface area (Å²) < 4.78 is 97.5. The van der Waals surface area contributed by atoms with E-state index in [1.165, 1.54) is 55.8 Å². The molecule has 6 saturated heterocycles. The summed E-state index contributed by atoms with van der Waals surface area (Å²) in [6.45, 7) is 35.8. The standard InChI is InChI=1S/2C43H75NO16/c2*1-15-29-43(11,52)36(48)24(5)33(47)22(3)20-41(9,51)38(25(6)34(26(7)39(50)57-29)59-32-21-42(10,53-14)37(49)27(8)56-32)60-40-35(28(44(12)13)19-23(4)55-40)58-31(46)18-17-30(45)54-16-2/h2*22-29,32,34-38,40,48-49,51-52H,15-21H2,1-14H3/t2*22-,23-,24+,25+,26-,27+,28+,29-,32+,34+,35-,36-,37+,38-,40+,41-,42-,43-/m11/s1. The Labute approximate surface area is 710 Å². The molecule has 0 aromatic heterocycles. The van der Waals surface area contributed by atoms with Gasteiger partial charge in [-0.15, -0.1) is 0 Å². The number of carbonyl (C=O) groups is 8. The maximum absolute atomic E-state index is 14.3. The zero-order valence-corrected chi connectivity index (χ0v) is 76.5. The number of hydrogen-bond donors (Lipinski definition) is 8. The molecule has 0 bridgehead atoms. The highest BCUT2D eigenvalue weighted by Gasteiger charge is 2.58. The van der Waals surface area contributed by atoms with E-state index in [0.717, 1.165) is 0 Å². The van der Waals surface area contributed by atoms with Crippen molar-refractivity contribution < 1.29 is 155 Å². The number of ketones is 2. The Morgan fingerprint density at radius 2 is 0.733 bits per heavy atom. The topological polar surface area (TPSA) is 453 Å². The van der Waals surface area contributed by atoms with Crippen molar-refractivity contribution in [2.24, 2.45) is 47.3 Å². The third kappa shape index (κ3) is 26.3. The summed E-state index contributed by atoms with van der Waals surface area (Å²) in [6.07, 6.45) is -22.3. The Morgan fingerprint density at radius 1 is 0.425 bits per heavy atom. The normalized spacial score (nSPS) is 43.8. The quantitative estimate of drug-likeness (QED) is 0.0445. The van der Waals surface area contributed by atoms with Crippen molar-refractivity contribution in [3.05, 3.63) is 0 Å². The second-order valence-corrected chi connectivity index (χ2v) is 36.5. The van der Waals surface area contributed by atoms with Crippen molar-refractivity contribution in [3.8, 4) is 0 Å². The monoisotopic (exact) mass is 1720 g/mol. The first-order chi connectivity index (χ1) is 55.5. The fourth-order valence-electron chi connectivity index (χ4n) is 18.3. The first-order valence-electron chi connectivity index (χ1n) is 43.0. The minimum absolute atomic E-state index is 0.0431. The molecule has 34 heteroatoms. The maximum Gasteiger partial charge on any atom is 0.311 e. The molecule has 36 atom stereocenters. The number of likely N-dealkylation sites (N-methyl/N-ethyl adjacent to an activating group) is 2. The Hall–Kier alpha value is -4.64. The molecule has 0 aliphatic carbocycles. The molecular formula is C86H150N2O32. The van der Waals surface area contributed by atoms with E-state index in [9.17, 15) is 79.2 Å². The summed E-state index contributed by atoms with van der Waals surface area (Å²) >= 11 is 0. The molecular weight excluding hydrogens is 1570 g/mol. The van der Waals surface area contributed by atoms with Gasteiger partial charge >= 0.3 is 35.8 Å². The molecule has 34 nitrogen and oxygen atoms in total. The van der Waals surface area contributed by atoms with Gasteiger partial charge in [0.2, 0.25) is 0 Å². The number of carbonyl (C=O) groups excluding carboxylic acids is 8. The van der Waals surface area contributed by atoms with Crippen LogP contribution in [0, 0.1) is 47.3 Å². The van der Waals surface area contributed by atoms with E-state index in [1.54, 1.807) is 96.9 Å². The highest BCUT2D eigenvalue weighted by atomic mass is 16.7. The number of rotatable bonds is 24. The molecule has 696 valence electrons. The van der Waals surface area contributed by atoms with E-state index in [4.69, 9.17) is 75.8 Å². The molecule has 6 fully saturated rings. The summed E-state index contributed by atoms with van der Waals surface area (Å²) in [4.78, 5) is 111. The van der Waals surface area contributed by atoms with Crippen LogP contribution < -0.4 is 0 Å². The molecule has 0 unspecified atom stereocenters. The van der Waals surface area contributed by atoms with Crippen LogP contribution in [0.15, 0.2) is 0 Å². The average molecular weight is 1720 g/mol. The van der Waals surface area contributed by atoms with Crippen LogP contribution in [0.3, 0.4) is 0 Å². The zero-order valence-electron chi connectivity index (χ0n) is 76.5. The largest absolute Gasteiger partial charge is 0.466 e. The fraction of sp³-hybridized carbons (Fsp3) is 0.907. The predicted octanol–water partition coefficient (Wildman–Crippen LogP) is 5.36. The highest BCUT2D eigenvalue weighted by molar-refractivity contribution is 5.84. The molecule has 6 aliphatic heterocycles. The van der Waals surface area contributed by atoms with Gasteiger partial charge in [-0.3, -0.25) is 38.4 Å². The Bertz CT molecular complexity index is 3090. The molecule has 0 radical (unpaired) electrons. The van der Waals surface area contributed by atoms with E-state index < -0.39 is 263 Å². The van der Waals surface area contributed by atoms with Gasteiger partial charge in [0.25, 0.3) is 0 Å². The number of methoxy groups -OCH3 is 2. The van der Waals surface area contributed by atoms with Crippen LogP contribution in [0.2, 0.25) is 0 Å². The number of Topliss-reactive ketones (excluding diaryl/α,β-unsaturated/α-hetero) is 2. The van der Waals surface area contributed by atoms with Gasteiger partial charge in [0.15, 0.2) is 37.4 Å². The molecule has 0 saturated carbocycles. The summed E-state index contributed by atoms with van der Waals surface area (Å²) in [5.74, 6) is -13.3. The molecule has 0 amide bonds. The van der Waals surface area contributed by atoms with Crippen LogP contribution in [0.25, 0.3) is 0 Å². The van der Waals surface area contributed by atoms with Gasteiger partial charge in [0, 0.05) is 62.6 Å². The smallest absolute Gasteiger partial charge is 0.311 e. The molecule has 0 aromatic carbocycles. The fourth-order valence-corrected chi connectivity index (χ4v) is 18.3. The molecule has 6 aliphatic rings.